The van der Waals surface area contributed by atoms with Gasteiger partial charge in [0, 0.05) is 13.0 Å². The third-order valence-corrected chi connectivity index (χ3v) is 4.16. The van der Waals surface area contributed by atoms with Crippen molar-refractivity contribution < 1.29 is 4.74 Å². The number of rotatable bonds is 4. The summed E-state index contributed by atoms with van der Waals surface area (Å²) in [6.45, 7) is 1.73. The first kappa shape index (κ1) is 14.3. The Morgan fingerprint density at radius 3 is 2.38 bits per heavy atom. The molecular weight excluding hydrogens is 258 g/mol. The van der Waals surface area contributed by atoms with E-state index in [0.717, 1.165) is 26.0 Å². The van der Waals surface area contributed by atoms with E-state index in [2.05, 4.69) is 67.5 Å². The molecule has 2 heteroatoms. The third kappa shape index (κ3) is 3.34. The van der Waals surface area contributed by atoms with Gasteiger partial charge in [0.05, 0.1) is 12.7 Å². The Kier molecular flexibility index (Phi) is 4.37. The molecule has 0 aliphatic heterocycles. The van der Waals surface area contributed by atoms with Crippen molar-refractivity contribution in [2.75, 3.05) is 27.2 Å². The highest BCUT2D eigenvalue weighted by atomic mass is 16.5. The van der Waals surface area contributed by atoms with Gasteiger partial charge in [0.15, 0.2) is 0 Å². The van der Waals surface area contributed by atoms with Crippen LogP contribution < -0.4 is 0 Å². The summed E-state index contributed by atoms with van der Waals surface area (Å²) in [7, 11) is 4.17. The van der Waals surface area contributed by atoms with Gasteiger partial charge in [0.2, 0.25) is 0 Å². The molecule has 110 valence electrons. The van der Waals surface area contributed by atoms with Crippen molar-refractivity contribution in [2.45, 2.75) is 18.9 Å². The Morgan fingerprint density at radius 2 is 1.62 bits per heavy atom. The molecule has 2 nitrogen and oxygen atoms in total. The van der Waals surface area contributed by atoms with Gasteiger partial charge in [-0.15, -0.1) is 0 Å². The molecule has 0 N–H and O–H groups in total. The molecule has 0 saturated carbocycles. The van der Waals surface area contributed by atoms with Crippen LogP contribution in [0.2, 0.25) is 0 Å². The van der Waals surface area contributed by atoms with Crippen LogP contribution in [0.15, 0.2) is 48.5 Å². The van der Waals surface area contributed by atoms with Crippen LogP contribution in [0.1, 0.15) is 28.4 Å². The number of nitrogens with zero attached hydrogens (tertiary/aromatic N) is 1. The lowest BCUT2D eigenvalue weighted by Gasteiger charge is -2.20. The van der Waals surface area contributed by atoms with Crippen molar-refractivity contribution in [3.05, 3.63) is 70.8 Å². The molecular formula is C19H23NO. The molecule has 0 aromatic heterocycles. The number of ether oxygens (including phenoxy) is 1. The van der Waals surface area contributed by atoms with Crippen molar-refractivity contribution >= 4 is 0 Å². The average Bonchev–Trinajstić information content (AvgIpc) is 2.63. The first-order valence-corrected chi connectivity index (χ1v) is 7.65. The second-order valence-electron chi connectivity index (χ2n) is 6.01. The Bertz CT molecular complexity index is 606. The molecule has 21 heavy (non-hydrogen) atoms. The fourth-order valence-electron chi connectivity index (χ4n) is 2.98. The van der Waals surface area contributed by atoms with Gasteiger partial charge in [0.25, 0.3) is 0 Å². The van der Waals surface area contributed by atoms with E-state index in [9.17, 15) is 0 Å². The zero-order valence-electron chi connectivity index (χ0n) is 12.9. The highest BCUT2D eigenvalue weighted by molar-refractivity contribution is 5.41. The normalized spacial score (nSPS) is 17.2. The number of fused-ring (bicyclic) bond motifs is 2. The summed E-state index contributed by atoms with van der Waals surface area (Å²) in [6.07, 6.45) is 2.16. The lowest BCUT2D eigenvalue weighted by molar-refractivity contribution is 0.0437. The largest absolute Gasteiger partial charge is 0.372 e. The van der Waals surface area contributed by atoms with E-state index in [4.69, 9.17) is 4.74 Å². The molecule has 0 heterocycles. The van der Waals surface area contributed by atoms with E-state index in [1.807, 2.05) is 0 Å². The quantitative estimate of drug-likeness (QED) is 0.851. The second-order valence-corrected chi connectivity index (χ2v) is 6.01. The van der Waals surface area contributed by atoms with Gasteiger partial charge in [-0.3, -0.25) is 0 Å². The predicted octanol–water partition coefficient (Wildman–Crippen LogP) is 3.45. The number of likely N-dealkylation sites (N-methyl/N-ethyl adjacent to an activating group) is 1. The molecule has 3 rings (SSSR count). The molecule has 1 unspecified atom stereocenters. The van der Waals surface area contributed by atoms with Gasteiger partial charge in [-0.05, 0) is 42.8 Å². The lowest BCUT2D eigenvalue weighted by Crippen LogP contribution is -2.20. The maximum atomic E-state index is 6.22. The van der Waals surface area contributed by atoms with E-state index in [1.54, 1.807) is 0 Å². The molecule has 1 aliphatic carbocycles. The van der Waals surface area contributed by atoms with E-state index in [0.29, 0.717) is 0 Å². The number of hydrogen-bond donors (Lipinski definition) is 0. The van der Waals surface area contributed by atoms with E-state index in [-0.39, 0.29) is 6.10 Å². The molecule has 0 bridgehead atoms. The van der Waals surface area contributed by atoms with Crippen molar-refractivity contribution in [3.8, 4) is 0 Å². The number of hydrogen-bond acceptors (Lipinski definition) is 2. The van der Waals surface area contributed by atoms with Crippen molar-refractivity contribution in [3.63, 3.8) is 0 Å². The van der Waals surface area contributed by atoms with Gasteiger partial charge >= 0.3 is 0 Å². The Labute approximate surface area is 127 Å². The molecule has 2 aromatic rings. The van der Waals surface area contributed by atoms with Gasteiger partial charge in [-0.1, -0.05) is 48.5 Å². The van der Waals surface area contributed by atoms with E-state index in [1.165, 1.54) is 22.3 Å². The topological polar surface area (TPSA) is 12.5 Å². The summed E-state index contributed by atoms with van der Waals surface area (Å²) in [5, 5.41) is 0. The first-order valence-electron chi connectivity index (χ1n) is 7.65. The second kappa shape index (κ2) is 6.42. The smallest absolute Gasteiger partial charge is 0.0868 e. The molecule has 0 fully saturated rings. The zero-order valence-corrected chi connectivity index (χ0v) is 12.9. The summed E-state index contributed by atoms with van der Waals surface area (Å²) in [4.78, 5) is 2.16. The van der Waals surface area contributed by atoms with Gasteiger partial charge in [-0.2, -0.15) is 0 Å². The summed E-state index contributed by atoms with van der Waals surface area (Å²) >= 11 is 0. The Balaban J connectivity index is 1.88. The van der Waals surface area contributed by atoms with Gasteiger partial charge in [0.1, 0.15) is 0 Å². The van der Waals surface area contributed by atoms with Crippen molar-refractivity contribution in [2.24, 2.45) is 0 Å². The summed E-state index contributed by atoms with van der Waals surface area (Å²) in [6, 6.07) is 17.5. The van der Waals surface area contributed by atoms with Crippen LogP contribution in [0.25, 0.3) is 0 Å². The molecule has 1 aliphatic rings. The molecule has 2 aromatic carbocycles. The lowest BCUT2D eigenvalue weighted by atomic mass is 10.00. The van der Waals surface area contributed by atoms with Crippen molar-refractivity contribution in [1.29, 1.82) is 0 Å². The van der Waals surface area contributed by atoms with Crippen molar-refractivity contribution in [1.82, 2.24) is 4.90 Å². The molecule has 0 radical (unpaired) electrons. The SMILES string of the molecule is CN(C)CCOC1Cc2ccccc2Cc2ccccc21. The van der Waals surface area contributed by atoms with Crippen LogP contribution in [0.5, 0.6) is 0 Å². The third-order valence-electron chi connectivity index (χ3n) is 4.16. The highest BCUT2D eigenvalue weighted by Gasteiger charge is 2.21. The molecule has 0 amide bonds. The van der Waals surface area contributed by atoms with E-state index >= 15 is 0 Å². The van der Waals surface area contributed by atoms with Gasteiger partial charge in [-0.25, -0.2) is 0 Å². The summed E-state index contributed by atoms with van der Waals surface area (Å²) < 4.78 is 6.22. The minimum Gasteiger partial charge on any atom is -0.372 e. The summed E-state index contributed by atoms with van der Waals surface area (Å²) in [5.41, 5.74) is 5.61. The Hall–Kier alpha value is -1.64. The van der Waals surface area contributed by atoms with Crippen LogP contribution in [-0.2, 0) is 17.6 Å². The van der Waals surface area contributed by atoms with E-state index < -0.39 is 0 Å². The Morgan fingerprint density at radius 1 is 0.952 bits per heavy atom. The predicted molar refractivity (Wildman–Crippen MR) is 86.6 cm³/mol. The van der Waals surface area contributed by atoms with Gasteiger partial charge < -0.3 is 9.64 Å². The standard InChI is InChI=1S/C19H23NO/c1-20(2)11-12-21-19-14-16-8-4-3-7-15(16)13-17-9-5-6-10-18(17)19/h3-10,19H,11-14H2,1-2H3. The van der Waals surface area contributed by atoms with Crippen LogP contribution in [0.4, 0.5) is 0 Å². The molecule has 0 spiro atoms. The van der Waals surface area contributed by atoms with Crippen LogP contribution >= 0.6 is 0 Å². The first-order chi connectivity index (χ1) is 10.2. The summed E-state index contributed by atoms with van der Waals surface area (Å²) in [5.74, 6) is 0. The minimum absolute atomic E-state index is 0.171. The van der Waals surface area contributed by atoms with Crippen LogP contribution in [-0.4, -0.2) is 32.1 Å². The fraction of sp³-hybridized carbons (Fsp3) is 0.368. The fourth-order valence-corrected chi connectivity index (χ4v) is 2.98. The monoisotopic (exact) mass is 281 g/mol. The highest BCUT2D eigenvalue weighted by Crippen LogP contribution is 2.32. The maximum absolute atomic E-state index is 6.22. The average molecular weight is 281 g/mol. The van der Waals surface area contributed by atoms with Crippen LogP contribution in [0.3, 0.4) is 0 Å². The molecule has 0 saturated heterocycles. The number of benzene rings is 2. The minimum atomic E-state index is 0.171. The maximum Gasteiger partial charge on any atom is 0.0868 e. The molecule has 1 atom stereocenters. The van der Waals surface area contributed by atoms with Crippen LogP contribution in [0, 0.1) is 0 Å². The zero-order chi connectivity index (χ0) is 14.7.